The molecule has 0 aromatic rings. The molecule has 0 saturated heterocycles. The minimum atomic E-state index is -5.17. The van der Waals surface area contributed by atoms with Gasteiger partial charge in [-0.05, 0) is 0 Å². The van der Waals surface area contributed by atoms with Gasteiger partial charge in [0, 0.05) is 10.4 Å². The van der Waals surface area contributed by atoms with Gasteiger partial charge in [-0.25, -0.2) is 0 Å². The van der Waals surface area contributed by atoms with Crippen molar-refractivity contribution < 1.29 is 23.0 Å². The van der Waals surface area contributed by atoms with Crippen LogP contribution in [0.15, 0.2) is 0 Å². The summed E-state index contributed by atoms with van der Waals surface area (Å²) in [4.78, 5) is 0. The Morgan fingerprint density at radius 2 is 1.14 bits per heavy atom. The third-order valence-electron chi connectivity index (χ3n) is 0. The normalized spacial score (nSPS) is 8.29. The molecule has 0 saturated carbocycles. The second kappa shape index (κ2) is 4.90. The van der Waals surface area contributed by atoms with Crippen molar-refractivity contribution in [1.29, 1.82) is 0 Å². The van der Waals surface area contributed by atoms with Crippen LogP contribution in [-0.4, -0.2) is 50.3 Å². The molecule has 1 radical (unpaired) electrons. The third kappa shape index (κ3) is 270. The van der Waals surface area contributed by atoms with Gasteiger partial charge in [-0.2, -0.15) is 0 Å². The molecule has 0 spiro atoms. The van der Waals surface area contributed by atoms with E-state index in [1.54, 1.807) is 0 Å². The van der Waals surface area contributed by atoms with Crippen LogP contribution in [0.1, 0.15) is 0 Å². The Kier molecular flexibility index (Phi) is 11.0. The summed E-state index contributed by atoms with van der Waals surface area (Å²) in [7, 11) is -5.17. The first kappa shape index (κ1) is 15.7. The minimum Gasteiger partial charge on any atom is -0.870 e. The summed E-state index contributed by atoms with van der Waals surface area (Å²) in [5.74, 6) is 0. The predicted molar refractivity (Wildman–Crippen MR) is 18.2 cm³/mol. The second-order valence-corrected chi connectivity index (χ2v) is 1.22. The molecule has 0 fully saturated rings. The number of hydrogen-bond donors (Lipinski definition) is 0. The third-order valence-corrected chi connectivity index (χ3v) is 0. The van der Waals surface area contributed by atoms with Gasteiger partial charge in [0.05, 0.1) is 0 Å². The van der Waals surface area contributed by atoms with Crippen molar-refractivity contribution in [1.82, 2.24) is 0 Å². The Morgan fingerprint density at radius 3 is 1.14 bits per heavy atom. The van der Waals surface area contributed by atoms with Crippen molar-refractivity contribution in [3.63, 3.8) is 0 Å². The summed E-state index contributed by atoms with van der Waals surface area (Å²) in [6.07, 6.45) is 0. The topological polar surface area (TPSA) is 110 Å². The summed E-state index contributed by atoms with van der Waals surface area (Å²) >= 11 is 0. The molecule has 0 heterocycles. The molecule has 0 atom stereocenters. The zero-order valence-corrected chi connectivity index (χ0v) is 7.69. The van der Waals surface area contributed by atoms with E-state index >= 15 is 0 Å². The smallest absolute Gasteiger partial charge is 0.870 e. The molecule has 0 aromatic heterocycles. The molecular weight excluding hydrogens is 319 g/mol. The molecule has 0 aliphatic rings. The van der Waals surface area contributed by atoms with E-state index in [1.807, 2.05) is 0 Å². The van der Waals surface area contributed by atoms with Gasteiger partial charge in [-0.3, -0.25) is 8.42 Å². The fourth-order valence-corrected chi connectivity index (χ4v) is 0. The summed E-state index contributed by atoms with van der Waals surface area (Å²) in [5.41, 5.74) is 0. The van der Waals surface area contributed by atoms with Crippen LogP contribution in [0.5, 0.6) is 0 Å². The standard InChI is InChI=1S/H2O4S.H2O.Pb/c1-5(2,3)4;;/h(H2,1,2,3,4);1H2;/q;;+3/p-3. The molecule has 0 bridgehead atoms. The monoisotopic (exact) mass is 321 g/mol. The van der Waals surface area contributed by atoms with E-state index in [4.69, 9.17) is 17.5 Å². The summed E-state index contributed by atoms with van der Waals surface area (Å²) < 4.78 is 34.1. The van der Waals surface area contributed by atoms with E-state index in [2.05, 4.69) is 0 Å². The molecule has 0 aromatic carbocycles. The maximum absolute atomic E-state index is 8.52. The van der Waals surface area contributed by atoms with Gasteiger partial charge in [-0.1, -0.05) is 0 Å². The van der Waals surface area contributed by atoms with Gasteiger partial charge in [0.2, 0.25) is 0 Å². The molecule has 0 aliphatic carbocycles. The predicted octanol–water partition coefficient (Wildman–Crippen LogP) is -1.90. The number of hydrogen-bond acceptors (Lipinski definition) is 5. The largest absolute Gasteiger partial charge is 3.00 e. The van der Waals surface area contributed by atoms with Crippen molar-refractivity contribution >= 4 is 37.7 Å². The maximum Gasteiger partial charge on any atom is 3.00 e. The SMILES string of the molecule is O=S(=O)([O-])[O-].[OH-].[Pb+3]. The van der Waals surface area contributed by atoms with Gasteiger partial charge < -0.3 is 14.6 Å². The van der Waals surface area contributed by atoms with E-state index in [9.17, 15) is 0 Å². The molecule has 7 heteroatoms. The van der Waals surface area contributed by atoms with E-state index < -0.39 is 10.4 Å². The van der Waals surface area contributed by atoms with E-state index in [0.29, 0.717) is 0 Å². The Balaban J connectivity index is -0.0000000800. The van der Waals surface area contributed by atoms with Crippen LogP contribution in [0.4, 0.5) is 0 Å². The fourth-order valence-electron chi connectivity index (χ4n) is 0. The molecule has 0 rings (SSSR count). The molecule has 7 heavy (non-hydrogen) atoms. The molecule has 0 aliphatic heterocycles. The van der Waals surface area contributed by atoms with Crippen LogP contribution >= 0.6 is 0 Å². The zero-order chi connectivity index (χ0) is 4.50. The van der Waals surface area contributed by atoms with Crippen molar-refractivity contribution in [3.05, 3.63) is 0 Å². The van der Waals surface area contributed by atoms with Gasteiger partial charge in [0.1, 0.15) is 0 Å². The fraction of sp³-hybridized carbons (Fsp3) is 0. The van der Waals surface area contributed by atoms with Crippen molar-refractivity contribution in [2.45, 2.75) is 0 Å². The second-order valence-electron chi connectivity index (χ2n) is 0.408. The van der Waals surface area contributed by atoms with Crippen LogP contribution in [-0.2, 0) is 10.4 Å². The summed E-state index contributed by atoms with van der Waals surface area (Å²) in [5, 5.41) is 0. The Bertz CT molecular complexity index is 91.2. The molecule has 5 nitrogen and oxygen atoms in total. The first-order chi connectivity index (χ1) is 2.00. The Hall–Kier alpha value is 0.752. The van der Waals surface area contributed by atoms with Crippen LogP contribution in [0.3, 0.4) is 0 Å². The van der Waals surface area contributed by atoms with Crippen LogP contribution < -0.4 is 0 Å². The van der Waals surface area contributed by atoms with Crippen LogP contribution in [0, 0.1) is 0 Å². The van der Waals surface area contributed by atoms with Crippen LogP contribution in [0.25, 0.3) is 0 Å². The van der Waals surface area contributed by atoms with Gasteiger partial charge in [-0.15, -0.1) is 0 Å². The van der Waals surface area contributed by atoms with Gasteiger partial charge >= 0.3 is 27.3 Å². The van der Waals surface area contributed by atoms with Crippen molar-refractivity contribution in [3.8, 4) is 0 Å². The maximum atomic E-state index is 8.52. The molecular formula is HO5PbS. The molecule has 41 valence electrons. The summed E-state index contributed by atoms with van der Waals surface area (Å²) in [6, 6.07) is 0. The van der Waals surface area contributed by atoms with Gasteiger partial charge in [0.25, 0.3) is 0 Å². The quantitative estimate of drug-likeness (QED) is 0.294. The Morgan fingerprint density at radius 1 is 1.14 bits per heavy atom. The van der Waals surface area contributed by atoms with E-state index in [-0.39, 0.29) is 32.8 Å². The molecule has 0 unspecified atom stereocenters. The average Bonchev–Trinajstić information content (AvgIpc) is 0.722. The zero-order valence-electron chi connectivity index (χ0n) is 2.99. The number of rotatable bonds is 0. The Labute approximate surface area is 60.8 Å². The average molecular weight is 320 g/mol. The van der Waals surface area contributed by atoms with E-state index in [1.165, 1.54) is 0 Å². The van der Waals surface area contributed by atoms with Crippen molar-refractivity contribution in [2.24, 2.45) is 0 Å². The van der Waals surface area contributed by atoms with Gasteiger partial charge in [0.15, 0.2) is 0 Å². The molecule has 1 N–H and O–H groups in total. The molecule has 0 amide bonds. The van der Waals surface area contributed by atoms with E-state index in [0.717, 1.165) is 0 Å². The first-order valence-corrected chi connectivity index (χ1v) is 2.00. The first-order valence-electron chi connectivity index (χ1n) is 0.667. The van der Waals surface area contributed by atoms with Crippen molar-refractivity contribution in [2.75, 3.05) is 0 Å². The minimum absolute atomic E-state index is 0. The summed E-state index contributed by atoms with van der Waals surface area (Å²) in [6.45, 7) is 0. The van der Waals surface area contributed by atoms with Crippen LogP contribution in [0.2, 0.25) is 0 Å².